The minimum atomic E-state index is -0.343. The summed E-state index contributed by atoms with van der Waals surface area (Å²) < 4.78 is 15.3. The number of allylic oxidation sites excluding steroid dienone is 5. The van der Waals surface area contributed by atoms with Gasteiger partial charge in [-0.1, -0.05) is 45.4 Å². The summed E-state index contributed by atoms with van der Waals surface area (Å²) in [7, 11) is 2.05. The number of carbonyl (C=O) groups excluding carboxylic acids is 1. The second-order valence-corrected chi connectivity index (χ2v) is 12.8. The number of halogens is 1. The second-order valence-electron chi connectivity index (χ2n) is 10.4. The fourth-order valence-electron chi connectivity index (χ4n) is 5.53. The van der Waals surface area contributed by atoms with Gasteiger partial charge in [0.1, 0.15) is 11.5 Å². The van der Waals surface area contributed by atoms with Gasteiger partial charge in [0, 0.05) is 47.0 Å². The Bertz CT molecular complexity index is 1480. The summed E-state index contributed by atoms with van der Waals surface area (Å²) in [4.78, 5) is 26.0. The monoisotopic (exact) mass is 639 g/mol. The van der Waals surface area contributed by atoms with E-state index in [-0.39, 0.29) is 32.8 Å². The van der Waals surface area contributed by atoms with Crippen LogP contribution >= 0.6 is 20.7 Å². The van der Waals surface area contributed by atoms with Gasteiger partial charge in [-0.25, -0.2) is 4.79 Å². The van der Waals surface area contributed by atoms with Crippen LogP contribution < -0.4 is 15.9 Å². The Balaban J connectivity index is 1.21. The number of nitrogens with zero attached hydrogens (tertiary/aromatic N) is 4. The van der Waals surface area contributed by atoms with Crippen LogP contribution in [0.3, 0.4) is 0 Å². The van der Waals surface area contributed by atoms with Crippen LogP contribution in [0.25, 0.3) is 3.58 Å². The van der Waals surface area contributed by atoms with Crippen molar-refractivity contribution < 1.29 is 14.3 Å². The number of rotatable bonds is 5. The van der Waals surface area contributed by atoms with Gasteiger partial charge in [-0.15, -0.1) is 0 Å². The van der Waals surface area contributed by atoms with Crippen molar-refractivity contribution in [3.05, 3.63) is 75.7 Å². The number of hydrogen-bond acceptors (Lipinski definition) is 6. The quantitative estimate of drug-likeness (QED) is 0.498. The number of nitrogens with one attached hydrogen (secondary N) is 1. The maximum atomic E-state index is 12.8. The molecule has 1 aromatic rings. The smallest absolute Gasteiger partial charge is 0.321 e. The Hall–Kier alpha value is -3.05. The molecule has 6 rings (SSSR count). The van der Waals surface area contributed by atoms with Gasteiger partial charge in [0.15, 0.2) is 0 Å². The van der Waals surface area contributed by atoms with Crippen LogP contribution in [-0.4, -0.2) is 71.7 Å². The second kappa shape index (κ2) is 11.2. The molecule has 2 unspecified atom stereocenters. The first-order chi connectivity index (χ1) is 19.0. The van der Waals surface area contributed by atoms with Crippen molar-refractivity contribution in [2.75, 3.05) is 38.7 Å². The van der Waals surface area contributed by atoms with Crippen LogP contribution in [0.1, 0.15) is 26.7 Å². The third kappa shape index (κ3) is 5.51. The maximum Gasteiger partial charge on any atom is 0.321 e. The molecule has 3 atom stereocenters. The fourth-order valence-corrected chi connectivity index (χ4v) is 7.98. The number of likely N-dealkylation sites (N-methyl/N-ethyl adjacent to an activating group) is 1. The zero-order chi connectivity index (χ0) is 26.9. The lowest BCUT2D eigenvalue weighted by molar-refractivity contribution is 0.0564. The van der Waals surface area contributed by atoms with Crippen molar-refractivity contribution in [3.63, 3.8) is 0 Å². The molecule has 2 aliphatic carbocycles. The molecule has 5 aliphatic rings. The molecular formula is C30H34IN5O3. The van der Waals surface area contributed by atoms with Crippen LogP contribution in [-0.2, 0) is 9.47 Å². The van der Waals surface area contributed by atoms with Gasteiger partial charge >= 0.3 is 6.03 Å². The van der Waals surface area contributed by atoms with Crippen LogP contribution in [0, 0.1) is 5.92 Å². The summed E-state index contributed by atoms with van der Waals surface area (Å²) in [6.45, 7) is 6.87. The molecule has 0 radical (unpaired) electrons. The molecule has 8 nitrogen and oxygen atoms in total. The van der Waals surface area contributed by atoms with Gasteiger partial charge in [-0.05, 0) is 49.3 Å². The van der Waals surface area contributed by atoms with E-state index in [1.807, 2.05) is 18.5 Å². The van der Waals surface area contributed by atoms with E-state index in [2.05, 4.69) is 75.6 Å². The highest BCUT2D eigenvalue weighted by atomic mass is 127. The van der Waals surface area contributed by atoms with Crippen LogP contribution in [0.2, 0.25) is 0 Å². The van der Waals surface area contributed by atoms with E-state index < -0.39 is 0 Å². The number of urea groups is 1. The molecule has 0 saturated carbocycles. The maximum absolute atomic E-state index is 12.8. The van der Waals surface area contributed by atoms with E-state index in [1.165, 1.54) is 14.7 Å². The number of fused-ring (bicyclic) bond motifs is 2. The Morgan fingerprint density at radius 2 is 2.10 bits per heavy atom. The molecule has 0 aromatic heterocycles. The molecule has 204 valence electrons. The zero-order valence-corrected chi connectivity index (χ0v) is 24.7. The predicted octanol–water partition coefficient (Wildman–Crippen LogP) is 3.83. The fraction of sp³-hybridized carbons (Fsp3) is 0.400. The van der Waals surface area contributed by atoms with Gasteiger partial charge in [0.2, 0.25) is 0 Å². The zero-order valence-electron chi connectivity index (χ0n) is 22.6. The van der Waals surface area contributed by atoms with Crippen molar-refractivity contribution in [1.29, 1.82) is 0 Å². The van der Waals surface area contributed by atoms with Crippen molar-refractivity contribution in [2.24, 2.45) is 15.9 Å². The van der Waals surface area contributed by atoms with Crippen molar-refractivity contribution in [1.82, 2.24) is 9.80 Å². The Morgan fingerprint density at radius 1 is 1.26 bits per heavy atom. The highest BCUT2D eigenvalue weighted by molar-refractivity contribution is 14.2. The molecule has 1 aromatic carbocycles. The number of carbonyl (C=O) groups is 1. The molecule has 3 heterocycles. The van der Waals surface area contributed by atoms with Gasteiger partial charge in [-0.3, -0.25) is 9.98 Å². The molecule has 2 amide bonds. The lowest BCUT2D eigenvalue weighted by atomic mass is 9.89. The molecule has 1 saturated heterocycles. The van der Waals surface area contributed by atoms with Gasteiger partial charge in [-0.2, -0.15) is 0 Å². The topological polar surface area (TPSA) is 78.8 Å². The first kappa shape index (κ1) is 26.2. The third-order valence-corrected chi connectivity index (χ3v) is 10.6. The molecule has 0 bridgehead atoms. The molecular weight excluding hydrogens is 605 g/mol. The van der Waals surface area contributed by atoms with E-state index in [1.54, 1.807) is 4.90 Å². The molecule has 3 aliphatic heterocycles. The Labute approximate surface area is 238 Å². The van der Waals surface area contributed by atoms with Gasteiger partial charge in [0.05, 0.1) is 41.1 Å². The van der Waals surface area contributed by atoms with Gasteiger partial charge in [0.25, 0.3) is 0 Å². The number of amides is 2. The molecule has 9 heteroatoms. The standard InChI is InChI=1S/C30H34IN5O3/c1-19-14-21(4-9-28(19)39-23-6-8-27-26(16-23)33-18-35(27)3)20(2)29-24-15-22(5-7-25(24)32-17-31-29)34-30(37)36-10-12-38-13-11-36/h5-8,14-18,20,26-27H,4,9-13H2,1-3H3,(H,34,37)/t20-,26?,27?/m0/s1. The molecule has 1 fully saturated rings. The summed E-state index contributed by atoms with van der Waals surface area (Å²) in [6, 6.07) is 6.42. The molecule has 1 N–H and O–H groups in total. The average molecular weight is 640 g/mol. The minimum absolute atomic E-state index is 0.0738. The van der Waals surface area contributed by atoms with Crippen LogP contribution in [0.15, 0.2) is 75.2 Å². The van der Waals surface area contributed by atoms with Crippen molar-refractivity contribution >= 4 is 46.5 Å². The number of anilines is 1. The highest BCUT2D eigenvalue weighted by Crippen LogP contribution is 2.37. The summed E-state index contributed by atoms with van der Waals surface area (Å²) in [5.74, 6) is 2.23. The van der Waals surface area contributed by atoms with Crippen molar-refractivity contribution in [2.45, 2.75) is 38.8 Å². The SMILES string of the molecule is CC1=C(OC2=CC3N=CN(C)C3C=C2)CCC([C@H](C)C2=c3cc(NC(=O)N4CCOCC4)ccc3=NC=I2)=C1. The normalized spacial score (nSPS) is 24.7. The first-order valence-electron chi connectivity index (χ1n) is 13.5. The van der Waals surface area contributed by atoms with E-state index in [0.717, 1.165) is 40.6 Å². The van der Waals surface area contributed by atoms with Crippen LogP contribution in [0.4, 0.5) is 10.5 Å². The van der Waals surface area contributed by atoms with E-state index in [9.17, 15) is 4.79 Å². The lowest BCUT2D eigenvalue weighted by Crippen LogP contribution is -2.43. The molecule has 0 spiro atoms. The number of aliphatic imine (C=N–C) groups is 1. The first-order valence-corrected chi connectivity index (χ1v) is 15.8. The van der Waals surface area contributed by atoms with E-state index in [4.69, 9.17) is 9.47 Å². The highest BCUT2D eigenvalue weighted by Gasteiger charge is 2.28. The summed E-state index contributed by atoms with van der Waals surface area (Å²) in [5.41, 5.74) is 3.42. The summed E-state index contributed by atoms with van der Waals surface area (Å²) >= 11 is -0.343. The minimum Gasteiger partial charge on any atom is -0.462 e. The van der Waals surface area contributed by atoms with Crippen molar-refractivity contribution in [3.8, 4) is 0 Å². The van der Waals surface area contributed by atoms with Gasteiger partial charge < -0.3 is 24.6 Å². The predicted molar refractivity (Wildman–Crippen MR) is 163 cm³/mol. The number of ether oxygens (including phenoxy) is 2. The Morgan fingerprint density at radius 3 is 2.92 bits per heavy atom. The van der Waals surface area contributed by atoms with E-state index in [0.29, 0.717) is 38.3 Å². The third-order valence-electron chi connectivity index (χ3n) is 7.85. The summed E-state index contributed by atoms with van der Waals surface area (Å²) in [5, 5.41) is 5.23. The Kier molecular flexibility index (Phi) is 7.53. The molecule has 39 heavy (non-hydrogen) atoms. The largest absolute Gasteiger partial charge is 0.462 e. The average Bonchev–Trinajstić information content (AvgIpc) is 3.33. The van der Waals surface area contributed by atoms with Crippen LogP contribution in [0.5, 0.6) is 0 Å². The van der Waals surface area contributed by atoms with E-state index >= 15 is 0 Å². The summed E-state index contributed by atoms with van der Waals surface area (Å²) in [6.07, 6.45) is 12.4. The number of hydrogen-bond donors (Lipinski definition) is 1. The lowest BCUT2D eigenvalue weighted by Gasteiger charge is -2.27. The number of morpholine rings is 1. The number of benzene rings is 1.